The van der Waals surface area contributed by atoms with Crippen LogP contribution in [0.4, 0.5) is 0 Å². The molecular formula is C21H17N3O3. The van der Waals surface area contributed by atoms with Gasteiger partial charge in [-0.25, -0.2) is 9.78 Å². The number of aromatic amines is 2. The van der Waals surface area contributed by atoms with Crippen LogP contribution in [-0.4, -0.2) is 31.8 Å². The highest BCUT2D eigenvalue weighted by Crippen LogP contribution is 2.29. The van der Waals surface area contributed by atoms with Crippen molar-refractivity contribution in [1.82, 2.24) is 15.0 Å². The fourth-order valence-corrected chi connectivity index (χ4v) is 3.34. The van der Waals surface area contributed by atoms with Crippen LogP contribution in [0.3, 0.4) is 0 Å². The Morgan fingerprint density at radius 1 is 0.963 bits per heavy atom. The number of ketones is 1. The molecule has 3 N–H and O–H groups in total. The average molecular weight is 359 g/mol. The topological polar surface area (TPSA) is 98.8 Å². The largest absolute Gasteiger partial charge is 0.477 e. The predicted molar refractivity (Wildman–Crippen MR) is 102 cm³/mol. The number of carboxylic acid groups (broad SMARTS) is 1. The molecule has 0 amide bonds. The Hall–Kier alpha value is -3.67. The number of rotatable bonds is 4. The molecule has 6 heteroatoms. The molecule has 0 aliphatic heterocycles. The summed E-state index contributed by atoms with van der Waals surface area (Å²) >= 11 is 0. The van der Waals surface area contributed by atoms with E-state index >= 15 is 0 Å². The molecule has 0 fully saturated rings. The van der Waals surface area contributed by atoms with Gasteiger partial charge in [0.25, 0.3) is 0 Å². The molecule has 2 aromatic heterocycles. The van der Waals surface area contributed by atoms with Gasteiger partial charge >= 0.3 is 5.97 Å². The fourth-order valence-electron chi connectivity index (χ4n) is 3.34. The highest BCUT2D eigenvalue weighted by molar-refractivity contribution is 6.10. The number of imidazole rings is 1. The number of carbonyl (C=O) groups excluding carboxylic acids is 1. The Kier molecular flexibility index (Phi) is 3.88. The normalized spacial score (nSPS) is 11.0. The Morgan fingerprint density at radius 2 is 1.70 bits per heavy atom. The van der Waals surface area contributed by atoms with Crippen LogP contribution in [0.25, 0.3) is 22.4 Å². The van der Waals surface area contributed by atoms with Crippen molar-refractivity contribution in [2.24, 2.45) is 0 Å². The number of hydrogen-bond donors (Lipinski definition) is 3. The molecule has 0 unspecified atom stereocenters. The Bertz CT molecular complexity index is 1190. The third kappa shape index (κ3) is 2.81. The van der Waals surface area contributed by atoms with Crippen molar-refractivity contribution < 1.29 is 14.7 Å². The van der Waals surface area contributed by atoms with Crippen LogP contribution < -0.4 is 0 Å². The molecule has 6 nitrogen and oxygen atoms in total. The number of benzene rings is 2. The van der Waals surface area contributed by atoms with E-state index in [0.29, 0.717) is 28.0 Å². The molecule has 0 radical (unpaired) electrons. The summed E-state index contributed by atoms with van der Waals surface area (Å²) in [6, 6.07) is 14.4. The fraction of sp³-hybridized carbons (Fsp3) is 0.0952. The first-order chi connectivity index (χ1) is 13.0. The quantitative estimate of drug-likeness (QED) is 0.478. The first kappa shape index (κ1) is 16.8. The first-order valence-corrected chi connectivity index (χ1v) is 8.48. The van der Waals surface area contributed by atoms with Crippen molar-refractivity contribution in [2.75, 3.05) is 0 Å². The number of aromatic carboxylic acids is 1. The second kappa shape index (κ2) is 6.25. The smallest absolute Gasteiger partial charge is 0.352 e. The molecule has 0 bridgehead atoms. The molecule has 27 heavy (non-hydrogen) atoms. The highest BCUT2D eigenvalue weighted by Gasteiger charge is 2.20. The molecular weight excluding hydrogens is 342 g/mol. The summed E-state index contributed by atoms with van der Waals surface area (Å²) in [5.41, 5.74) is 4.87. The zero-order valence-electron chi connectivity index (χ0n) is 14.8. The molecule has 134 valence electrons. The Labute approximate surface area is 154 Å². The number of fused-ring (bicyclic) bond motifs is 1. The van der Waals surface area contributed by atoms with Gasteiger partial charge in [-0.1, -0.05) is 30.3 Å². The molecule has 2 heterocycles. The zero-order valence-corrected chi connectivity index (χ0v) is 14.8. The Morgan fingerprint density at radius 3 is 2.37 bits per heavy atom. The van der Waals surface area contributed by atoms with Gasteiger partial charge < -0.3 is 15.1 Å². The van der Waals surface area contributed by atoms with Crippen LogP contribution in [0, 0.1) is 13.8 Å². The van der Waals surface area contributed by atoms with E-state index in [1.54, 1.807) is 37.3 Å². The van der Waals surface area contributed by atoms with Crippen LogP contribution in [-0.2, 0) is 0 Å². The van der Waals surface area contributed by atoms with Gasteiger partial charge in [0.2, 0.25) is 0 Å². The zero-order chi connectivity index (χ0) is 19.1. The van der Waals surface area contributed by atoms with Crippen molar-refractivity contribution in [3.05, 3.63) is 76.6 Å². The minimum Gasteiger partial charge on any atom is -0.477 e. The monoisotopic (exact) mass is 359 g/mol. The highest BCUT2D eigenvalue weighted by atomic mass is 16.4. The van der Waals surface area contributed by atoms with Crippen molar-refractivity contribution in [3.63, 3.8) is 0 Å². The summed E-state index contributed by atoms with van der Waals surface area (Å²) in [5.74, 6) is -0.488. The van der Waals surface area contributed by atoms with Crippen molar-refractivity contribution in [1.29, 1.82) is 0 Å². The maximum atomic E-state index is 12.6. The van der Waals surface area contributed by atoms with E-state index in [0.717, 1.165) is 16.8 Å². The number of nitrogens with zero attached hydrogens (tertiary/aromatic N) is 1. The number of carbonyl (C=O) groups is 2. The van der Waals surface area contributed by atoms with E-state index in [1.165, 1.54) is 0 Å². The summed E-state index contributed by atoms with van der Waals surface area (Å²) in [5, 5.41) is 9.30. The van der Waals surface area contributed by atoms with Gasteiger partial charge in [-0.2, -0.15) is 0 Å². The van der Waals surface area contributed by atoms with Crippen molar-refractivity contribution in [3.8, 4) is 11.4 Å². The number of H-pyrrole nitrogens is 2. The van der Waals surface area contributed by atoms with Gasteiger partial charge in [-0.05, 0) is 37.6 Å². The molecule has 0 aliphatic rings. The number of aryl methyl sites for hydroxylation is 1. The van der Waals surface area contributed by atoms with Gasteiger partial charge in [0.15, 0.2) is 5.78 Å². The first-order valence-electron chi connectivity index (χ1n) is 8.48. The number of aromatic nitrogens is 3. The molecule has 4 rings (SSSR count). The third-order valence-electron chi connectivity index (χ3n) is 4.67. The molecule has 0 saturated heterocycles. The summed E-state index contributed by atoms with van der Waals surface area (Å²) in [6.07, 6.45) is 0. The summed E-state index contributed by atoms with van der Waals surface area (Å²) in [4.78, 5) is 34.7. The minimum atomic E-state index is -1.01. The molecule has 4 aromatic rings. The molecule has 0 saturated carbocycles. The lowest BCUT2D eigenvalue weighted by molar-refractivity contribution is 0.0690. The number of nitrogens with one attached hydrogen (secondary N) is 2. The lowest BCUT2D eigenvalue weighted by Gasteiger charge is -2.00. The van der Waals surface area contributed by atoms with E-state index in [2.05, 4.69) is 15.0 Å². The van der Waals surface area contributed by atoms with E-state index in [4.69, 9.17) is 0 Å². The molecule has 2 aromatic carbocycles. The van der Waals surface area contributed by atoms with Crippen LogP contribution in [0.2, 0.25) is 0 Å². The van der Waals surface area contributed by atoms with Gasteiger partial charge in [-0.3, -0.25) is 4.79 Å². The van der Waals surface area contributed by atoms with Crippen LogP contribution >= 0.6 is 0 Å². The van der Waals surface area contributed by atoms with E-state index in [9.17, 15) is 14.7 Å². The second-order valence-electron chi connectivity index (χ2n) is 6.44. The van der Waals surface area contributed by atoms with Gasteiger partial charge in [0, 0.05) is 22.4 Å². The predicted octanol–water partition coefficient (Wildman–Crippen LogP) is 4.10. The van der Waals surface area contributed by atoms with Gasteiger partial charge in [0.05, 0.1) is 11.0 Å². The summed E-state index contributed by atoms with van der Waals surface area (Å²) < 4.78 is 0. The van der Waals surface area contributed by atoms with Crippen LogP contribution in [0.15, 0.2) is 48.5 Å². The maximum Gasteiger partial charge on any atom is 0.352 e. The molecule has 0 aliphatic carbocycles. The average Bonchev–Trinajstić information content (AvgIpc) is 3.21. The SMILES string of the molecule is Cc1[nH]c(C(=O)O)c(C)c1-c1nc2ccc(C(=O)c3ccccc3)cc2[nH]1. The third-order valence-corrected chi connectivity index (χ3v) is 4.67. The van der Waals surface area contributed by atoms with Gasteiger partial charge in [0.1, 0.15) is 11.5 Å². The van der Waals surface area contributed by atoms with Crippen molar-refractivity contribution >= 4 is 22.8 Å². The lowest BCUT2D eigenvalue weighted by Crippen LogP contribution is -2.00. The number of hydrogen-bond acceptors (Lipinski definition) is 3. The minimum absolute atomic E-state index is 0.0594. The van der Waals surface area contributed by atoms with E-state index < -0.39 is 5.97 Å². The second-order valence-corrected chi connectivity index (χ2v) is 6.44. The summed E-state index contributed by atoms with van der Waals surface area (Å²) in [7, 11) is 0. The molecule has 0 spiro atoms. The Balaban J connectivity index is 1.78. The van der Waals surface area contributed by atoms with Crippen molar-refractivity contribution in [2.45, 2.75) is 13.8 Å². The van der Waals surface area contributed by atoms with E-state index in [1.807, 2.05) is 25.1 Å². The molecule has 0 atom stereocenters. The number of carboxylic acids is 1. The van der Waals surface area contributed by atoms with Crippen LogP contribution in [0.5, 0.6) is 0 Å². The lowest BCUT2D eigenvalue weighted by atomic mass is 10.0. The van der Waals surface area contributed by atoms with Gasteiger partial charge in [-0.15, -0.1) is 0 Å². The maximum absolute atomic E-state index is 12.6. The van der Waals surface area contributed by atoms with Crippen LogP contribution in [0.1, 0.15) is 37.7 Å². The standard InChI is InChI=1S/C21H17N3O3/c1-11-17(12(2)22-18(11)21(26)27)20-23-15-9-8-14(10-16(15)24-20)19(25)13-6-4-3-5-7-13/h3-10,22H,1-2H3,(H,23,24)(H,26,27). The summed E-state index contributed by atoms with van der Waals surface area (Å²) in [6.45, 7) is 3.56. The van der Waals surface area contributed by atoms with E-state index in [-0.39, 0.29) is 11.5 Å².